The van der Waals surface area contributed by atoms with Crippen LogP contribution in [0.15, 0.2) is 12.2 Å². The standard InChI is InChI=1S/C13H18O6/c1-9(2)13(16)18-7-11(14)17-8-12(15)19-10-5-3-4-6-10/h10H,1,3-8H2,2H3. The van der Waals surface area contributed by atoms with E-state index in [1.165, 1.54) is 6.92 Å². The molecule has 0 amide bonds. The summed E-state index contributed by atoms with van der Waals surface area (Å²) < 4.78 is 14.3. The third-order valence-corrected chi connectivity index (χ3v) is 2.62. The zero-order valence-corrected chi connectivity index (χ0v) is 11.0. The topological polar surface area (TPSA) is 78.9 Å². The van der Waals surface area contributed by atoms with Crippen molar-refractivity contribution in [1.82, 2.24) is 0 Å². The predicted molar refractivity (Wildman–Crippen MR) is 65.1 cm³/mol. The van der Waals surface area contributed by atoms with Gasteiger partial charge < -0.3 is 14.2 Å². The minimum atomic E-state index is -0.794. The number of ether oxygens (including phenoxy) is 3. The van der Waals surface area contributed by atoms with Crippen LogP contribution >= 0.6 is 0 Å². The lowest BCUT2D eigenvalue weighted by molar-refractivity contribution is -0.166. The van der Waals surface area contributed by atoms with Crippen molar-refractivity contribution in [1.29, 1.82) is 0 Å². The average molecular weight is 270 g/mol. The Bertz CT molecular complexity index is 367. The summed E-state index contributed by atoms with van der Waals surface area (Å²) >= 11 is 0. The van der Waals surface area contributed by atoms with Gasteiger partial charge in [0.25, 0.3) is 0 Å². The Kier molecular flexibility index (Phi) is 6.05. The van der Waals surface area contributed by atoms with Crippen molar-refractivity contribution in [3.05, 3.63) is 12.2 Å². The average Bonchev–Trinajstić information content (AvgIpc) is 2.85. The number of carbonyl (C=O) groups is 3. The molecule has 0 aromatic heterocycles. The Hall–Kier alpha value is -1.85. The number of rotatable bonds is 6. The van der Waals surface area contributed by atoms with Crippen molar-refractivity contribution in [2.45, 2.75) is 38.7 Å². The zero-order valence-electron chi connectivity index (χ0n) is 11.0. The summed E-state index contributed by atoms with van der Waals surface area (Å²) in [4.78, 5) is 33.5. The van der Waals surface area contributed by atoms with Crippen LogP contribution in [0.25, 0.3) is 0 Å². The molecule has 0 atom stereocenters. The molecule has 0 aromatic carbocycles. The van der Waals surface area contributed by atoms with Gasteiger partial charge in [-0.25, -0.2) is 14.4 Å². The fraction of sp³-hybridized carbons (Fsp3) is 0.615. The lowest BCUT2D eigenvalue weighted by Gasteiger charge is -2.11. The van der Waals surface area contributed by atoms with Gasteiger partial charge in [-0.15, -0.1) is 0 Å². The summed E-state index contributed by atoms with van der Waals surface area (Å²) in [5.41, 5.74) is 0.188. The molecule has 1 rings (SSSR count). The van der Waals surface area contributed by atoms with Crippen molar-refractivity contribution < 1.29 is 28.6 Å². The van der Waals surface area contributed by atoms with Gasteiger partial charge in [-0.3, -0.25) is 0 Å². The van der Waals surface area contributed by atoms with Crippen LogP contribution in [0.1, 0.15) is 32.6 Å². The van der Waals surface area contributed by atoms with Crippen LogP contribution < -0.4 is 0 Å². The van der Waals surface area contributed by atoms with Crippen molar-refractivity contribution in [2.75, 3.05) is 13.2 Å². The van der Waals surface area contributed by atoms with Gasteiger partial charge in [0.15, 0.2) is 13.2 Å². The molecule has 6 heteroatoms. The zero-order chi connectivity index (χ0) is 14.3. The van der Waals surface area contributed by atoms with Crippen LogP contribution in [0.5, 0.6) is 0 Å². The van der Waals surface area contributed by atoms with Crippen molar-refractivity contribution in [2.24, 2.45) is 0 Å². The molecular weight excluding hydrogens is 252 g/mol. The third kappa shape index (κ3) is 6.03. The molecule has 0 N–H and O–H groups in total. The Morgan fingerprint density at radius 2 is 1.63 bits per heavy atom. The molecule has 0 bridgehead atoms. The molecule has 19 heavy (non-hydrogen) atoms. The monoisotopic (exact) mass is 270 g/mol. The smallest absolute Gasteiger partial charge is 0.344 e. The van der Waals surface area contributed by atoms with Crippen molar-refractivity contribution in [3.63, 3.8) is 0 Å². The first-order valence-corrected chi connectivity index (χ1v) is 6.16. The van der Waals surface area contributed by atoms with Gasteiger partial charge in [0, 0.05) is 5.57 Å². The Labute approximate surface area is 111 Å². The van der Waals surface area contributed by atoms with Gasteiger partial charge in [0.2, 0.25) is 0 Å². The summed E-state index contributed by atoms with van der Waals surface area (Å²) in [5, 5.41) is 0. The second-order valence-electron chi connectivity index (χ2n) is 4.41. The lowest BCUT2D eigenvalue weighted by Crippen LogP contribution is -2.23. The molecule has 0 saturated heterocycles. The maximum absolute atomic E-state index is 11.3. The minimum absolute atomic E-state index is 0.0626. The summed E-state index contributed by atoms with van der Waals surface area (Å²) in [5.74, 6) is -2.05. The largest absolute Gasteiger partial charge is 0.460 e. The molecule has 1 fully saturated rings. The maximum atomic E-state index is 11.3. The van der Waals surface area contributed by atoms with E-state index in [9.17, 15) is 14.4 Å². The molecule has 0 spiro atoms. The van der Waals surface area contributed by atoms with Gasteiger partial charge in [-0.05, 0) is 32.6 Å². The molecule has 1 aliphatic rings. The summed E-state index contributed by atoms with van der Waals surface area (Å²) in [6.07, 6.45) is 3.75. The molecular formula is C13H18O6. The molecule has 0 radical (unpaired) electrons. The van der Waals surface area contributed by atoms with Crippen LogP contribution in [-0.2, 0) is 28.6 Å². The Morgan fingerprint density at radius 1 is 1.05 bits per heavy atom. The van der Waals surface area contributed by atoms with E-state index >= 15 is 0 Å². The van der Waals surface area contributed by atoms with Gasteiger partial charge in [0.05, 0.1) is 0 Å². The highest BCUT2D eigenvalue weighted by atomic mass is 16.6. The van der Waals surface area contributed by atoms with Gasteiger partial charge >= 0.3 is 17.9 Å². The highest BCUT2D eigenvalue weighted by Crippen LogP contribution is 2.20. The van der Waals surface area contributed by atoms with Crippen molar-refractivity contribution in [3.8, 4) is 0 Å². The van der Waals surface area contributed by atoms with E-state index in [0.29, 0.717) is 0 Å². The predicted octanol–water partition coefficient (Wildman–Crippen LogP) is 1.13. The molecule has 1 aliphatic carbocycles. The number of hydrogen-bond donors (Lipinski definition) is 0. The fourth-order valence-electron chi connectivity index (χ4n) is 1.65. The van der Waals surface area contributed by atoms with E-state index in [-0.39, 0.29) is 11.7 Å². The summed E-state index contributed by atoms with van der Waals surface area (Å²) in [7, 11) is 0. The highest BCUT2D eigenvalue weighted by Gasteiger charge is 2.20. The van der Waals surface area contributed by atoms with E-state index < -0.39 is 31.1 Å². The normalized spacial score (nSPS) is 14.8. The fourth-order valence-corrected chi connectivity index (χ4v) is 1.65. The number of hydrogen-bond acceptors (Lipinski definition) is 6. The van der Waals surface area contributed by atoms with Crippen LogP contribution in [0.2, 0.25) is 0 Å². The maximum Gasteiger partial charge on any atom is 0.344 e. The molecule has 0 aromatic rings. The van der Waals surface area contributed by atoms with Gasteiger partial charge in [0.1, 0.15) is 6.10 Å². The number of esters is 3. The van der Waals surface area contributed by atoms with Gasteiger partial charge in [-0.2, -0.15) is 0 Å². The van der Waals surface area contributed by atoms with E-state index in [2.05, 4.69) is 16.1 Å². The van der Waals surface area contributed by atoms with Crippen LogP contribution in [0.4, 0.5) is 0 Å². The van der Waals surface area contributed by atoms with Crippen LogP contribution in [-0.4, -0.2) is 37.2 Å². The number of carbonyl (C=O) groups excluding carboxylic acids is 3. The first kappa shape index (κ1) is 15.2. The minimum Gasteiger partial charge on any atom is -0.460 e. The highest BCUT2D eigenvalue weighted by molar-refractivity contribution is 5.88. The second kappa shape index (κ2) is 7.56. The first-order chi connectivity index (χ1) is 8.99. The Morgan fingerprint density at radius 3 is 2.21 bits per heavy atom. The molecule has 1 saturated carbocycles. The molecule has 106 valence electrons. The second-order valence-corrected chi connectivity index (χ2v) is 4.41. The van der Waals surface area contributed by atoms with Crippen molar-refractivity contribution >= 4 is 17.9 Å². The molecule has 0 aliphatic heterocycles. The Balaban J connectivity index is 2.13. The van der Waals surface area contributed by atoms with E-state index in [1.807, 2.05) is 0 Å². The molecule has 6 nitrogen and oxygen atoms in total. The van der Waals surface area contributed by atoms with E-state index in [1.54, 1.807) is 0 Å². The van der Waals surface area contributed by atoms with E-state index in [0.717, 1.165) is 25.7 Å². The first-order valence-electron chi connectivity index (χ1n) is 6.16. The van der Waals surface area contributed by atoms with E-state index in [4.69, 9.17) is 4.74 Å². The molecule has 0 unspecified atom stereocenters. The summed E-state index contributed by atoms with van der Waals surface area (Å²) in [6, 6.07) is 0. The summed E-state index contributed by atoms with van der Waals surface area (Å²) in [6.45, 7) is 3.83. The molecule has 0 heterocycles. The quantitative estimate of drug-likeness (QED) is 0.409. The third-order valence-electron chi connectivity index (χ3n) is 2.62. The van der Waals surface area contributed by atoms with Crippen LogP contribution in [0, 0.1) is 0 Å². The lowest BCUT2D eigenvalue weighted by atomic mass is 10.3. The van der Waals surface area contributed by atoms with Crippen LogP contribution in [0.3, 0.4) is 0 Å². The SMILES string of the molecule is C=C(C)C(=O)OCC(=O)OCC(=O)OC1CCCC1. The van der Waals surface area contributed by atoms with Gasteiger partial charge in [-0.1, -0.05) is 6.58 Å².